The minimum Gasteiger partial charge on any atom is -0.490 e. The van der Waals surface area contributed by atoms with Crippen molar-refractivity contribution in [2.45, 2.75) is 39.6 Å². The van der Waals surface area contributed by atoms with Crippen LogP contribution in [0.5, 0.6) is 23.0 Å². The Hall–Kier alpha value is -5.83. The van der Waals surface area contributed by atoms with Crippen molar-refractivity contribution in [2.24, 2.45) is 5.10 Å². The van der Waals surface area contributed by atoms with Crippen molar-refractivity contribution in [3.8, 4) is 23.0 Å². The fourth-order valence-corrected chi connectivity index (χ4v) is 4.73. The zero-order valence-electron chi connectivity index (χ0n) is 26.8. The molecule has 0 fully saturated rings. The van der Waals surface area contributed by atoms with E-state index in [0.717, 1.165) is 0 Å². The van der Waals surface area contributed by atoms with Crippen LogP contribution in [-0.4, -0.2) is 61.4 Å². The lowest BCUT2D eigenvalue weighted by atomic mass is 9.95. The van der Waals surface area contributed by atoms with Crippen LogP contribution in [0, 0.1) is 10.1 Å². The normalized spacial score (nSPS) is 14.9. The largest absolute Gasteiger partial charge is 0.490 e. The van der Waals surface area contributed by atoms with Gasteiger partial charge in [-0.25, -0.2) is 9.59 Å². The maximum atomic E-state index is 12.5. The number of carbonyl (C=O) groups is 2. The molecule has 4 N–H and O–H groups in total. The summed E-state index contributed by atoms with van der Waals surface area (Å²) in [4.78, 5) is 35.2. The highest BCUT2D eigenvalue weighted by atomic mass is 16.6. The van der Waals surface area contributed by atoms with Gasteiger partial charge < -0.3 is 39.4 Å². The van der Waals surface area contributed by atoms with Gasteiger partial charge in [-0.1, -0.05) is 18.2 Å². The molecule has 0 radical (unpaired) electrons. The van der Waals surface area contributed by atoms with Gasteiger partial charge in [-0.3, -0.25) is 15.5 Å². The van der Waals surface area contributed by atoms with E-state index < -0.39 is 29.2 Å². The number of ether oxygens (including phenoxy) is 5. The van der Waals surface area contributed by atoms with E-state index in [9.17, 15) is 24.8 Å². The number of methoxy groups -OCH3 is 1. The Morgan fingerprint density at radius 1 is 1.02 bits per heavy atom. The number of hydrazone groups is 1. The first-order valence-electron chi connectivity index (χ1n) is 15.0. The Labute approximate surface area is 276 Å². The summed E-state index contributed by atoms with van der Waals surface area (Å²) in [7, 11) is 1.26. The molecule has 0 unspecified atom stereocenters. The third kappa shape index (κ3) is 9.13. The minimum atomic E-state index is -1.19. The van der Waals surface area contributed by atoms with Gasteiger partial charge in [0.15, 0.2) is 29.2 Å². The number of hydrogen-bond donors (Lipinski definition) is 4. The van der Waals surface area contributed by atoms with Gasteiger partial charge in [-0.2, -0.15) is 5.10 Å². The number of aliphatic hydroxyl groups excluding tert-OH is 1. The lowest BCUT2D eigenvalue weighted by Gasteiger charge is -2.28. The van der Waals surface area contributed by atoms with Crippen molar-refractivity contribution in [1.82, 2.24) is 16.1 Å². The monoisotopic (exact) mass is 663 g/mol. The van der Waals surface area contributed by atoms with E-state index in [1.54, 1.807) is 62.4 Å². The van der Waals surface area contributed by atoms with E-state index >= 15 is 0 Å². The number of nitrogens with zero attached hydrogens (tertiary/aromatic N) is 2. The van der Waals surface area contributed by atoms with Gasteiger partial charge in [0.25, 0.3) is 5.69 Å². The van der Waals surface area contributed by atoms with Crippen molar-refractivity contribution >= 4 is 23.9 Å². The van der Waals surface area contributed by atoms with Gasteiger partial charge in [-0.15, -0.1) is 0 Å². The lowest BCUT2D eigenvalue weighted by Crippen LogP contribution is -2.45. The lowest BCUT2D eigenvalue weighted by molar-refractivity contribution is -0.384. The molecule has 3 aromatic rings. The van der Waals surface area contributed by atoms with Crippen LogP contribution in [0.25, 0.3) is 0 Å². The second-order valence-corrected chi connectivity index (χ2v) is 10.3. The third-order valence-electron chi connectivity index (χ3n) is 6.89. The number of benzene rings is 3. The number of aliphatic hydroxyl groups is 1. The van der Waals surface area contributed by atoms with Gasteiger partial charge >= 0.3 is 12.0 Å². The third-order valence-corrected chi connectivity index (χ3v) is 6.89. The highest BCUT2D eigenvalue weighted by Crippen LogP contribution is 2.35. The fourth-order valence-electron chi connectivity index (χ4n) is 4.73. The Balaban J connectivity index is 1.37. The number of nitro benzene ring substituents is 1. The molecule has 0 spiro atoms. The quantitative estimate of drug-likeness (QED) is 0.0567. The molecule has 1 heterocycles. The van der Waals surface area contributed by atoms with Crippen LogP contribution in [-0.2, 0) is 16.1 Å². The summed E-state index contributed by atoms with van der Waals surface area (Å²) >= 11 is 0. The van der Waals surface area contributed by atoms with E-state index in [2.05, 4.69) is 21.2 Å². The number of carbonyl (C=O) groups excluding carboxylic acids is 2. The Bertz CT molecular complexity index is 1690. The van der Waals surface area contributed by atoms with Crippen molar-refractivity contribution in [3.63, 3.8) is 0 Å². The Morgan fingerprint density at radius 2 is 1.73 bits per heavy atom. The van der Waals surface area contributed by atoms with E-state index in [-0.39, 0.29) is 24.5 Å². The molecule has 0 saturated carbocycles. The SMILES string of the molecule is CCOc1cc(/C=N\N[C@H](O)COc2ccc([C@@H]3NC(=O)NC(C)=C3C(=O)OC)cc2OCC)ccc1OCc1cccc([N+](=O)[O-])c1. The number of nitro groups is 1. The Morgan fingerprint density at radius 3 is 2.44 bits per heavy atom. The molecule has 254 valence electrons. The predicted octanol–water partition coefficient (Wildman–Crippen LogP) is 4.09. The molecular formula is C33H37N5O10. The summed E-state index contributed by atoms with van der Waals surface area (Å²) in [5, 5.41) is 30.9. The summed E-state index contributed by atoms with van der Waals surface area (Å²) in [6, 6.07) is 15.0. The van der Waals surface area contributed by atoms with E-state index in [1.807, 2.05) is 6.92 Å². The van der Waals surface area contributed by atoms with Crippen LogP contribution in [0.2, 0.25) is 0 Å². The van der Waals surface area contributed by atoms with Crippen molar-refractivity contribution in [2.75, 3.05) is 26.9 Å². The van der Waals surface area contributed by atoms with Gasteiger partial charge in [0, 0.05) is 17.8 Å². The number of nitrogens with one attached hydrogen (secondary N) is 3. The zero-order valence-corrected chi connectivity index (χ0v) is 26.8. The predicted molar refractivity (Wildman–Crippen MR) is 174 cm³/mol. The number of urea groups is 1. The zero-order chi connectivity index (χ0) is 34.6. The summed E-state index contributed by atoms with van der Waals surface area (Å²) in [6.45, 7) is 5.84. The number of hydrogen-bond acceptors (Lipinski definition) is 12. The molecule has 0 aromatic heterocycles. The average Bonchev–Trinajstić information content (AvgIpc) is 3.07. The smallest absolute Gasteiger partial charge is 0.337 e. The number of amides is 2. The van der Waals surface area contributed by atoms with E-state index in [0.29, 0.717) is 58.6 Å². The number of allylic oxidation sites excluding steroid dienone is 1. The number of esters is 1. The van der Waals surface area contributed by atoms with Gasteiger partial charge in [0.2, 0.25) is 0 Å². The van der Waals surface area contributed by atoms with Crippen molar-refractivity contribution in [1.29, 1.82) is 0 Å². The molecule has 0 aliphatic carbocycles. The van der Waals surface area contributed by atoms with Crippen LogP contribution in [0.4, 0.5) is 10.5 Å². The summed E-state index contributed by atoms with van der Waals surface area (Å²) in [5.74, 6) is 0.989. The highest BCUT2D eigenvalue weighted by molar-refractivity contribution is 5.95. The fraction of sp³-hybridized carbons (Fsp3) is 0.303. The van der Waals surface area contributed by atoms with E-state index in [1.165, 1.54) is 25.5 Å². The molecule has 48 heavy (non-hydrogen) atoms. The molecule has 0 bridgehead atoms. The average molecular weight is 664 g/mol. The summed E-state index contributed by atoms with van der Waals surface area (Å²) in [6.07, 6.45) is 0.289. The molecule has 1 aliphatic heterocycles. The van der Waals surface area contributed by atoms with E-state index in [4.69, 9.17) is 23.7 Å². The second-order valence-electron chi connectivity index (χ2n) is 10.3. The molecule has 3 aromatic carbocycles. The van der Waals surface area contributed by atoms with Crippen LogP contribution < -0.4 is 35.0 Å². The maximum absolute atomic E-state index is 12.5. The van der Waals surface area contributed by atoms with Crippen LogP contribution in [0.1, 0.15) is 43.5 Å². The molecule has 15 heteroatoms. The number of non-ortho nitro benzene ring substituents is 1. The molecular weight excluding hydrogens is 626 g/mol. The number of rotatable bonds is 16. The van der Waals surface area contributed by atoms with Gasteiger partial charge in [-0.05, 0) is 67.8 Å². The highest BCUT2D eigenvalue weighted by Gasteiger charge is 2.32. The molecule has 2 atom stereocenters. The first-order valence-corrected chi connectivity index (χ1v) is 15.0. The first kappa shape index (κ1) is 35.0. The molecule has 4 rings (SSSR count). The van der Waals surface area contributed by atoms with Crippen molar-refractivity contribution < 1.29 is 43.3 Å². The van der Waals surface area contributed by atoms with Gasteiger partial charge in [0.05, 0.1) is 43.1 Å². The molecule has 2 amide bonds. The van der Waals surface area contributed by atoms with Crippen LogP contribution >= 0.6 is 0 Å². The second kappa shape index (κ2) is 16.6. The van der Waals surface area contributed by atoms with Crippen molar-refractivity contribution in [3.05, 3.63) is 98.7 Å². The molecule has 15 nitrogen and oxygen atoms in total. The maximum Gasteiger partial charge on any atom is 0.337 e. The van der Waals surface area contributed by atoms with Gasteiger partial charge in [0.1, 0.15) is 13.2 Å². The summed E-state index contributed by atoms with van der Waals surface area (Å²) in [5.41, 5.74) is 5.05. The standard InChI is InChI=1S/C33H37N5O10/c1-5-45-27-15-21(10-12-25(27)47-18-22-8-7-9-24(14-22)38(42)43)17-34-37-29(39)19-48-26-13-11-23(16-28(26)46-6-2)31-30(32(40)44-4)20(3)35-33(41)36-31/h7-17,29,31,37,39H,5-6,18-19H2,1-4H3,(H2,35,36,41)/b34-17-/t29-,31+/m1/s1. The first-order chi connectivity index (χ1) is 23.1. The summed E-state index contributed by atoms with van der Waals surface area (Å²) < 4.78 is 28.0. The molecule has 0 saturated heterocycles. The molecule has 1 aliphatic rings. The topological polar surface area (TPSA) is 192 Å². The minimum absolute atomic E-state index is 0.0207. The Kier molecular flexibility index (Phi) is 12.2. The van der Waals surface area contributed by atoms with Crippen LogP contribution in [0.3, 0.4) is 0 Å². The van der Waals surface area contributed by atoms with Crippen LogP contribution in [0.15, 0.2) is 77.0 Å².